The Morgan fingerprint density at radius 2 is 1.89 bits per heavy atom. The number of hydrogen-bond acceptors (Lipinski definition) is 4. The number of benzene rings is 2. The number of ether oxygens (including phenoxy) is 1. The molecule has 2 aromatic rings. The first-order valence-electron chi connectivity index (χ1n) is 5.50. The topological polar surface area (TPSA) is 64.4 Å². The molecule has 0 fully saturated rings. The van der Waals surface area contributed by atoms with Crippen molar-refractivity contribution in [3.8, 4) is 11.5 Å². The molecular weight excluding hydrogens is 251 g/mol. The van der Waals surface area contributed by atoms with Crippen LogP contribution in [0.15, 0.2) is 42.5 Å². The van der Waals surface area contributed by atoms with Gasteiger partial charge in [0.25, 0.3) is 0 Å². The van der Waals surface area contributed by atoms with Crippen LogP contribution in [0.25, 0.3) is 0 Å². The molecular formula is C13H11FN2O3. The lowest BCUT2D eigenvalue weighted by molar-refractivity contribution is -0.385. The molecule has 0 saturated carbocycles. The van der Waals surface area contributed by atoms with E-state index in [2.05, 4.69) is 5.32 Å². The first-order valence-corrected chi connectivity index (χ1v) is 5.50. The first-order chi connectivity index (χ1) is 9.10. The number of halogens is 1. The van der Waals surface area contributed by atoms with Crippen LogP contribution in [0.4, 0.5) is 15.8 Å². The van der Waals surface area contributed by atoms with Gasteiger partial charge < -0.3 is 10.1 Å². The minimum Gasteiger partial charge on any atom is -0.450 e. The summed E-state index contributed by atoms with van der Waals surface area (Å²) in [6, 6.07) is 10.0. The van der Waals surface area contributed by atoms with E-state index in [9.17, 15) is 14.5 Å². The molecule has 0 spiro atoms. The van der Waals surface area contributed by atoms with E-state index in [1.807, 2.05) is 0 Å². The summed E-state index contributed by atoms with van der Waals surface area (Å²) in [4.78, 5) is 10.1. The highest BCUT2D eigenvalue weighted by Crippen LogP contribution is 2.32. The number of nitro benzene ring substituents is 1. The van der Waals surface area contributed by atoms with E-state index < -0.39 is 16.4 Å². The van der Waals surface area contributed by atoms with Gasteiger partial charge in [-0.25, -0.2) is 4.39 Å². The average molecular weight is 262 g/mol. The Morgan fingerprint density at radius 3 is 2.47 bits per heavy atom. The van der Waals surface area contributed by atoms with Crippen molar-refractivity contribution in [1.29, 1.82) is 0 Å². The highest BCUT2D eigenvalue weighted by Gasteiger charge is 2.16. The Kier molecular flexibility index (Phi) is 3.61. The van der Waals surface area contributed by atoms with Crippen LogP contribution in [0.1, 0.15) is 0 Å². The Morgan fingerprint density at radius 1 is 1.21 bits per heavy atom. The van der Waals surface area contributed by atoms with E-state index >= 15 is 0 Å². The van der Waals surface area contributed by atoms with Crippen LogP contribution in [0.3, 0.4) is 0 Å². The highest BCUT2D eigenvalue weighted by atomic mass is 19.1. The third kappa shape index (κ3) is 2.98. The number of anilines is 1. The smallest absolute Gasteiger partial charge is 0.314 e. The minimum atomic E-state index is -0.680. The van der Waals surface area contributed by atoms with Gasteiger partial charge in [0, 0.05) is 12.7 Å². The van der Waals surface area contributed by atoms with E-state index in [0.717, 1.165) is 17.8 Å². The maximum atomic E-state index is 13.0. The summed E-state index contributed by atoms with van der Waals surface area (Å²) in [6.07, 6.45) is 0. The molecule has 0 heterocycles. The number of nitrogens with one attached hydrogen (secondary N) is 1. The van der Waals surface area contributed by atoms with Gasteiger partial charge in [-0.3, -0.25) is 10.1 Å². The molecule has 0 aliphatic rings. The van der Waals surface area contributed by atoms with Crippen molar-refractivity contribution in [2.24, 2.45) is 0 Å². The van der Waals surface area contributed by atoms with E-state index in [-0.39, 0.29) is 5.75 Å². The zero-order chi connectivity index (χ0) is 13.8. The van der Waals surface area contributed by atoms with Gasteiger partial charge in [0.15, 0.2) is 0 Å². The molecule has 1 N–H and O–H groups in total. The second-order valence-electron chi connectivity index (χ2n) is 3.75. The maximum absolute atomic E-state index is 13.0. The Hall–Kier alpha value is -2.63. The molecule has 0 aliphatic carbocycles. The van der Waals surface area contributed by atoms with Crippen molar-refractivity contribution in [3.63, 3.8) is 0 Å². The van der Waals surface area contributed by atoms with Crippen LogP contribution in [0, 0.1) is 15.9 Å². The van der Waals surface area contributed by atoms with Crippen molar-refractivity contribution < 1.29 is 14.1 Å². The van der Waals surface area contributed by atoms with Gasteiger partial charge in [-0.15, -0.1) is 0 Å². The van der Waals surface area contributed by atoms with Gasteiger partial charge in [0.1, 0.15) is 11.6 Å². The van der Waals surface area contributed by atoms with E-state index in [1.165, 1.54) is 6.07 Å². The fourth-order valence-corrected chi connectivity index (χ4v) is 1.54. The Bertz CT molecular complexity index is 599. The van der Waals surface area contributed by atoms with Gasteiger partial charge in [-0.2, -0.15) is 0 Å². The molecule has 5 nitrogen and oxygen atoms in total. The Labute approximate surface area is 108 Å². The van der Waals surface area contributed by atoms with Crippen molar-refractivity contribution in [2.45, 2.75) is 0 Å². The molecule has 6 heteroatoms. The van der Waals surface area contributed by atoms with Crippen LogP contribution in [0.2, 0.25) is 0 Å². The van der Waals surface area contributed by atoms with Crippen LogP contribution in [-0.4, -0.2) is 12.0 Å². The summed E-state index contributed by atoms with van der Waals surface area (Å²) < 4.78 is 18.4. The normalized spacial score (nSPS) is 10.0. The molecule has 0 unspecified atom stereocenters. The van der Waals surface area contributed by atoms with Crippen LogP contribution >= 0.6 is 0 Å². The largest absolute Gasteiger partial charge is 0.450 e. The summed E-state index contributed by atoms with van der Waals surface area (Å²) in [7, 11) is 1.78. The molecule has 0 aromatic heterocycles. The van der Waals surface area contributed by atoms with Gasteiger partial charge in [-0.05, 0) is 36.4 Å². The van der Waals surface area contributed by atoms with Gasteiger partial charge in [0.05, 0.1) is 11.0 Å². The third-order valence-electron chi connectivity index (χ3n) is 2.49. The second kappa shape index (κ2) is 5.34. The monoisotopic (exact) mass is 262 g/mol. The predicted molar refractivity (Wildman–Crippen MR) is 69.1 cm³/mol. The SMILES string of the molecule is CNc1ccc(Oc2ccc(F)cc2[N+](=O)[O-])cc1. The summed E-state index contributed by atoms with van der Waals surface area (Å²) in [5, 5.41) is 13.8. The molecule has 2 rings (SSSR count). The number of rotatable bonds is 4. The van der Waals surface area contributed by atoms with Crippen LogP contribution < -0.4 is 10.1 Å². The molecule has 0 aliphatic heterocycles. The molecule has 98 valence electrons. The lowest BCUT2D eigenvalue weighted by Crippen LogP contribution is -1.94. The summed E-state index contributed by atoms with van der Waals surface area (Å²) in [5.74, 6) is -0.234. The van der Waals surface area contributed by atoms with E-state index in [1.54, 1.807) is 31.3 Å². The number of nitro groups is 1. The lowest BCUT2D eigenvalue weighted by atomic mass is 10.2. The first kappa shape index (κ1) is 12.8. The van der Waals surface area contributed by atoms with E-state index in [0.29, 0.717) is 5.75 Å². The van der Waals surface area contributed by atoms with Crippen LogP contribution in [0.5, 0.6) is 11.5 Å². The van der Waals surface area contributed by atoms with Gasteiger partial charge in [-0.1, -0.05) is 0 Å². The van der Waals surface area contributed by atoms with Crippen molar-refractivity contribution in [3.05, 3.63) is 58.4 Å². The summed E-state index contributed by atoms with van der Waals surface area (Å²) >= 11 is 0. The quantitative estimate of drug-likeness (QED) is 0.675. The van der Waals surface area contributed by atoms with Crippen molar-refractivity contribution in [2.75, 3.05) is 12.4 Å². The zero-order valence-electron chi connectivity index (χ0n) is 10.1. The fraction of sp³-hybridized carbons (Fsp3) is 0.0769. The molecule has 0 atom stereocenters. The zero-order valence-corrected chi connectivity index (χ0v) is 10.1. The lowest BCUT2D eigenvalue weighted by Gasteiger charge is -2.07. The summed E-state index contributed by atoms with van der Waals surface area (Å²) in [5.41, 5.74) is 0.485. The third-order valence-corrected chi connectivity index (χ3v) is 2.49. The predicted octanol–water partition coefficient (Wildman–Crippen LogP) is 3.57. The average Bonchev–Trinajstić information content (AvgIpc) is 2.41. The summed E-state index contributed by atoms with van der Waals surface area (Å²) in [6.45, 7) is 0. The van der Waals surface area contributed by atoms with Gasteiger partial charge in [0.2, 0.25) is 5.75 Å². The van der Waals surface area contributed by atoms with Gasteiger partial charge >= 0.3 is 5.69 Å². The minimum absolute atomic E-state index is 0.00334. The molecule has 19 heavy (non-hydrogen) atoms. The molecule has 2 aromatic carbocycles. The van der Waals surface area contributed by atoms with Crippen molar-refractivity contribution >= 4 is 11.4 Å². The standard InChI is InChI=1S/C13H11FN2O3/c1-15-10-3-5-11(6-4-10)19-13-7-2-9(14)8-12(13)16(17)18/h2-8,15H,1H3. The van der Waals surface area contributed by atoms with E-state index in [4.69, 9.17) is 4.74 Å². The van der Waals surface area contributed by atoms with Crippen LogP contribution in [-0.2, 0) is 0 Å². The number of hydrogen-bond donors (Lipinski definition) is 1. The molecule has 0 radical (unpaired) electrons. The van der Waals surface area contributed by atoms with Crippen molar-refractivity contribution in [1.82, 2.24) is 0 Å². The Balaban J connectivity index is 2.29. The fourth-order valence-electron chi connectivity index (χ4n) is 1.54. The molecule has 0 bridgehead atoms. The molecule has 0 amide bonds. The maximum Gasteiger partial charge on any atom is 0.314 e. The number of nitrogens with zero attached hydrogens (tertiary/aromatic N) is 1. The second-order valence-corrected chi connectivity index (χ2v) is 3.75. The molecule has 0 saturated heterocycles. The highest BCUT2D eigenvalue weighted by molar-refractivity contribution is 5.50.